The fourth-order valence-corrected chi connectivity index (χ4v) is 11.8. The molecule has 0 atom stereocenters. The summed E-state index contributed by atoms with van der Waals surface area (Å²) in [5, 5.41) is 42.5. The number of nitrogens with zero attached hydrogens (tertiary/aromatic N) is 22. The van der Waals surface area contributed by atoms with Gasteiger partial charge >= 0.3 is 0 Å². The summed E-state index contributed by atoms with van der Waals surface area (Å²) in [4.78, 5) is 61.4. The van der Waals surface area contributed by atoms with Crippen LogP contribution in [0.5, 0.6) is 0 Å². The van der Waals surface area contributed by atoms with Crippen LogP contribution >= 0.6 is 0 Å². The van der Waals surface area contributed by atoms with Gasteiger partial charge in [-0.1, -0.05) is 18.2 Å². The highest BCUT2D eigenvalue weighted by atomic mass is 16.5. The highest BCUT2D eigenvalue weighted by Crippen LogP contribution is 2.30. The van der Waals surface area contributed by atoms with Gasteiger partial charge in [-0.25, -0.2) is 24.9 Å². The minimum atomic E-state index is 0.00616. The fourth-order valence-electron chi connectivity index (χ4n) is 11.8. The molecular weight excluding hydrogens is 1330 g/mol. The first-order chi connectivity index (χ1) is 51.5. The van der Waals surface area contributed by atoms with Crippen LogP contribution < -0.4 is 64.2 Å². The van der Waals surface area contributed by atoms with Gasteiger partial charge in [0.15, 0.2) is 23.3 Å². The van der Waals surface area contributed by atoms with Gasteiger partial charge in [-0.2, -0.15) is 38.7 Å². The standard InChI is InChI=1S/C20H24N8.C18H19N7O2.C17H21N7O.C16H19N9/c21-19-24-20(25-28(19)18-3-1-2-10-22-18)23-15-4-6-16(7-5-15)26-11-13-27(14-12-26)17-8-9-17;19-17-22-18(23-25(17)15-3-1-2-8-20-15)21-14-6-4-13(5-7-14)16(26)24-9-11-27-12-10-24;1-2-23(11-12-25)14-8-6-13(7-9-14)20-17-21-16(18)24(22-17)15-5-3-4-10-19-15;17-15-22-16(23-25(15)14-5-6-19-11-20-14)21-12-1-3-13(4-2-12)24-9-7-18-8-10-24/h1-7,10,17H,8-9,11-14H2,(H3,21,23,24,25);1-8H,9-12H2,(H3,19,21,22,23);3-10,25H,2,11-12H2,1H3,(H3,18,20,21,22);1-6,11,18H,7-10H2,(H3,17,21,22,23). The molecule has 540 valence electrons. The predicted octanol–water partition coefficient (Wildman–Crippen LogP) is 6.33. The number of aliphatic hydroxyl groups excluding tert-OH is 1. The number of pyridine rings is 3. The fraction of sp³-hybridized carbons (Fsp3) is 0.268. The summed E-state index contributed by atoms with van der Waals surface area (Å²) in [5.74, 6) is 5.10. The van der Waals surface area contributed by atoms with Crippen LogP contribution in [0.2, 0.25) is 0 Å². The third-order valence-corrected chi connectivity index (χ3v) is 17.3. The van der Waals surface area contributed by atoms with Crippen LogP contribution in [0.4, 0.5) is 87.4 Å². The summed E-state index contributed by atoms with van der Waals surface area (Å²) in [6.45, 7) is 14.6. The van der Waals surface area contributed by atoms with Crippen molar-refractivity contribution in [3.63, 3.8) is 0 Å². The van der Waals surface area contributed by atoms with E-state index < -0.39 is 0 Å². The third-order valence-electron chi connectivity index (χ3n) is 17.3. The lowest BCUT2D eigenvalue weighted by atomic mass is 10.1. The van der Waals surface area contributed by atoms with E-state index in [0.29, 0.717) is 91.4 Å². The lowest BCUT2D eigenvalue weighted by molar-refractivity contribution is 0.0303. The Balaban J connectivity index is 0.000000124. The highest BCUT2D eigenvalue weighted by molar-refractivity contribution is 5.94. The van der Waals surface area contributed by atoms with E-state index in [1.165, 1.54) is 62.4 Å². The number of amides is 1. The number of piperazine rings is 2. The van der Waals surface area contributed by atoms with Gasteiger partial charge in [0.2, 0.25) is 47.6 Å². The van der Waals surface area contributed by atoms with Crippen molar-refractivity contribution in [2.75, 3.05) is 157 Å². The van der Waals surface area contributed by atoms with E-state index in [-0.39, 0.29) is 30.4 Å². The number of ether oxygens (including phenoxy) is 1. The van der Waals surface area contributed by atoms with Crippen LogP contribution in [0.15, 0.2) is 189 Å². The minimum absolute atomic E-state index is 0.00616. The Labute approximate surface area is 605 Å². The number of rotatable bonds is 20. The Hall–Kier alpha value is -12.9. The second-order valence-corrected chi connectivity index (χ2v) is 24.4. The molecule has 0 radical (unpaired) electrons. The maximum atomic E-state index is 12.5. The summed E-state index contributed by atoms with van der Waals surface area (Å²) >= 11 is 0. The molecule has 16 rings (SSSR count). The number of carbonyl (C=O) groups is 1. The van der Waals surface area contributed by atoms with E-state index in [9.17, 15) is 4.79 Å². The molecule has 105 heavy (non-hydrogen) atoms. The molecule has 4 fully saturated rings. The largest absolute Gasteiger partial charge is 0.395 e. The van der Waals surface area contributed by atoms with Crippen molar-refractivity contribution in [1.29, 1.82) is 0 Å². The molecule has 4 aliphatic rings. The topological polar surface area (TPSA) is 414 Å². The quantitative estimate of drug-likeness (QED) is 0.0398. The Morgan fingerprint density at radius 1 is 0.495 bits per heavy atom. The Bertz CT molecular complexity index is 4530. The van der Waals surface area contributed by atoms with Gasteiger partial charge in [0.1, 0.15) is 6.33 Å². The first kappa shape index (κ1) is 70.5. The number of morpholine rings is 1. The van der Waals surface area contributed by atoms with Crippen molar-refractivity contribution < 1.29 is 14.6 Å². The first-order valence-corrected chi connectivity index (χ1v) is 34.5. The number of hydrogen-bond acceptors (Lipinski definition) is 29. The lowest BCUT2D eigenvalue weighted by Crippen LogP contribution is -2.47. The van der Waals surface area contributed by atoms with Crippen LogP contribution in [0.1, 0.15) is 30.1 Å². The summed E-state index contributed by atoms with van der Waals surface area (Å²) in [6.07, 6.45) is 10.9. The van der Waals surface area contributed by atoms with E-state index in [1.807, 2.05) is 97.1 Å². The minimum Gasteiger partial charge on any atom is -0.395 e. The smallest absolute Gasteiger partial charge is 0.254 e. The normalized spacial score (nSPS) is 14.3. The van der Waals surface area contributed by atoms with Crippen molar-refractivity contribution in [2.45, 2.75) is 25.8 Å². The van der Waals surface area contributed by atoms with Crippen molar-refractivity contribution >= 4 is 93.3 Å². The number of aromatic nitrogens is 17. The number of nitrogens with two attached hydrogens (primary N) is 4. The van der Waals surface area contributed by atoms with Gasteiger partial charge in [-0.05, 0) is 153 Å². The van der Waals surface area contributed by atoms with Crippen molar-refractivity contribution in [1.82, 2.24) is 99.1 Å². The van der Waals surface area contributed by atoms with Gasteiger partial charge < -0.3 is 79.0 Å². The molecule has 8 aromatic heterocycles. The molecule has 12 aromatic rings. The zero-order chi connectivity index (χ0) is 72.3. The van der Waals surface area contributed by atoms with E-state index in [4.69, 9.17) is 32.8 Å². The number of anilines is 15. The van der Waals surface area contributed by atoms with E-state index in [1.54, 1.807) is 54.0 Å². The summed E-state index contributed by atoms with van der Waals surface area (Å²) in [6, 6.07) is 50.8. The average molecular weight is 1420 g/mol. The van der Waals surface area contributed by atoms with Crippen LogP contribution in [0.25, 0.3) is 23.3 Å². The van der Waals surface area contributed by atoms with Crippen molar-refractivity contribution in [2.24, 2.45) is 0 Å². The highest BCUT2D eigenvalue weighted by Gasteiger charge is 2.31. The molecule has 4 aromatic carbocycles. The maximum absolute atomic E-state index is 12.5. The van der Waals surface area contributed by atoms with Gasteiger partial charge in [-0.3, -0.25) is 9.69 Å². The molecular formula is C71H83N31O3. The molecule has 11 heterocycles. The maximum Gasteiger partial charge on any atom is 0.254 e. The number of hydrogen-bond donors (Lipinski definition) is 10. The van der Waals surface area contributed by atoms with E-state index in [0.717, 1.165) is 80.3 Å². The lowest BCUT2D eigenvalue weighted by Gasteiger charge is -2.36. The number of nitrogens with one attached hydrogen (secondary N) is 5. The first-order valence-electron chi connectivity index (χ1n) is 34.5. The number of carbonyl (C=O) groups excluding carboxylic acids is 1. The third kappa shape index (κ3) is 18.6. The molecule has 34 nitrogen and oxygen atoms in total. The molecule has 1 aliphatic carbocycles. The molecule has 0 bridgehead atoms. The Morgan fingerprint density at radius 3 is 1.29 bits per heavy atom. The van der Waals surface area contributed by atoms with E-state index >= 15 is 0 Å². The molecule has 0 spiro atoms. The monoisotopic (exact) mass is 1420 g/mol. The summed E-state index contributed by atoms with van der Waals surface area (Å²) in [5.41, 5.74) is 31.3. The Morgan fingerprint density at radius 2 is 0.905 bits per heavy atom. The van der Waals surface area contributed by atoms with Crippen LogP contribution in [0.3, 0.4) is 0 Å². The Kier molecular flexibility index (Phi) is 22.9. The van der Waals surface area contributed by atoms with Gasteiger partial charge in [0.05, 0.1) is 19.8 Å². The van der Waals surface area contributed by atoms with Crippen LogP contribution in [-0.4, -0.2) is 209 Å². The molecule has 34 heteroatoms. The van der Waals surface area contributed by atoms with Crippen LogP contribution in [0, 0.1) is 0 Å². The average Bonchev–Trinajstić information content (AvgIpc) is 1.73. The second-order valence-electron chi connectivity index (χ2n) is 24.4. The molecule has 1 saturated carbocycles. The molecule has 14 N–H and O–H groups in total. The number of aliphatic hydroxyl groups is 1. The van der Waals surface area contributed by atoms with Crippen LogP contribution in [-0.2, 0) is 4.74 Å². The SMILES string of the molecule is CCN(CCO)c1ccc(Nc2nc(N)n(-c3ccccn3)n2)cc1.Nc1nc(Nc2ccc(C(=O)N3CCOCC3)cc2)nn1-c1ccccn1.Nc1nc(Nc2ccc(N3CCN(C4CC4)CC3)cc2)nn1-c1ccccn1.Nc1nc(Nc2ccc(N3CCNCC3)cc2)nn1-c1ccncn1. The van der Waals surface area contributed by atoms with Gasteiger partial charge in [0.25, 0.3) is 5.91 Å². The van der Waals surface area contributed by atoms with E-state index in [2.05, 4.69) is 155 Å². The van der Waals surface area contributed by atoms with Crippen molar-refractivity contribution in [3.05, 3.63) is 194 Å². The zero-order valence-electron chi connectivity index (χ0n) is 57.9. The second kappa shape index (κ2) is 34.2. The number of benzene rings is 4. The molecule has 3 saturated heterocycles. The van der Waals surface area contributed by atoms with Crippen molar-refractivity contribution in [3.8, 4) is 23.3 Å². The van der Waals surface area contributed by atoms with Gasteiger partial charge in [-0.15, -0.1) is 20.4 Å². The predicted molar refractivity (Wildman–Crippen MR) is 405 cm³/mol. The number of nitrogen functional groups attached to an aromatic ring is 4. The number of likely N-dealkylation sites (N-methyl/N-ethyl adjacent to an activating group) is 1. The zero-order valence-corrected chi connectivity index (χ0v) is 57.9. The molecule has 0 unspecified atom stereocenters. The van der Waals surface area contributed by atoms with Gasteiger partial charge in [0, 0.05) is 161 Å². The molecule has 1 amide bonds. The summed E-state index contributed by atoms with van der Waals surface area (Å²) < 4.78 is 11.2. The molecule has 3 aliphatic heterocycles. The summed E-state index contributed by atoms with van der Waals surface area (Å²) in [7, 11) is 0.